The molecule has 6 heteroatoms. The van der Waals surface area contributed by atoms with Gasteiger partial charge in [-0.15, -0.1) is 0 Å². The number of ether oxygens (including phenoxy) is 2. The number of methoxy groups -OCH3 is 1. The van der Waals surface area contributed by atoms with Gasteiger partial charge in [-0.25, -0.2) is 9.97 Å². The molecule has 2 N–H and O–H groups in total. The van der Waals surface area contributed by atoms with E-state index in [0.717, 1.165) is 0 Å². The van der Waals surface area contributed by atoms with E-state index in [0.29, 0.717) is 24.9 Å². The third-order valence-corrected chi connectivity index (χ3v) is 1.87. The fraction of sp³-hybridized carbons (Fsp3) is 0.600. The molecule has 0 spiro atoms. The number of aliphatic hydroxyl groups excluding tert-OH is 1. The molecule has 0 aromatic carbocycles. The fourth-order valence-electron chi connectivity index (χ4n) is 1.20. The van der Waals surface area contributed by atoms with Crippen LogP contribution < -0.4 is 10.1 Å². The molecule has 6 nitrogen and oxygen atoms in total. The van der Waals surface area contributed by atoms with Crippen LogP contribution in [0.15, 0.2) is 12.4 Å². The van der Waals surface area contributed by atoms with Gasteiger partial charge in [0.15, 0.2) is 0 Å². The number of anilines is 1. The Bertz CT molecular complexity index is 309. The van der Waals surface area contributed by atoms with E-state index in [1.807, 2.05) is 6.92 Å². The quantitative estimate of drug-likeness (QED) is 0.697. The minimum Gasteiger partial charge on any atom is -0.478 e. The summed E-state index contributed by atoms with van der Waals surface area (Å²) >= 11 is 0. The Balaban J connectivity index is 2.60. The van der Waals surface area contributed by atoms with Gasteiger partial charge in [0.1, 0.15) is 12.1 Å². The topological polar surface area (TPSA) is 76.5 Å². The molecule has 0 radical (unpaired) electrons. The van der Waals surface area contributed by atoms with Crippen molar-refractivity contribution in [2.24, 2.45) is 0 Å². The van der Waals surface area contributed by atoms with Gasteiger partial charge in [-0.05, 0) is 6.92 Å². The minimum atomic E-state index is -0.186. The van der Waals surface area contributed by atoms with Crippen molar-refractivity contribution in [1.29, 1.82) is 0 Å². The van der Waals surface area contributed by atoms with Crippen molar-refractivity contribution in [2.45, 2.75) is 13.0 Å². The molecule has 0 amide bonds. The molecule has 0 aliphatic rings. The molecule has 1 rings (SSSR count). The first-order chi connectivity index (χ1) is 7.80. The van der Waals surface area contributed by atoms with Crippen LogP contribution in [0.2, 0.25) is 0 Å². The van der Waals surface area contributed by atoms with Crippen molar-refractivity contribution < 1.29 is 14.6 Å². The van der Waals surface area contributed by atoms with E-state index in [1.54, 1.807) is 13.2 Å². The molecule has 0 aliphatic heterocycles. The summed E-state index contributed by atoms with van der Waals surface area (Å²) in [6.07, 6.45) is 1.41. The Morgan fingerprint density at radius 1 is 1.50 bits per heavy atom. The standard InChI is InChI=1S/C10H17N3O3/c1-3-16-10-4-9(11-7-12-10)13-8(5-14)6-15-2/h4,7-8,14H,3,5-6H2,1-2H3,(H,11,12,13). The van der Waals surface area contributed by atoms with Gasteiger partial charge < -0.3 is 19.9 Å². The summed E-state index contributed by atoms with van der Waals surface area (Å²) in [6, 6.07) is 1.50. The number of nitrogens with one attached hydrogen (secondary N) is 1. The first-order valence-electron chi connectivity index (χ1n) is 5.11. The van der Waals surface area contributed by atoms with Crippen LogP contribution in [-0.2, 0) is 4.74 Å². The van der Waals surface area contributed by atoms with Gasteiger partial charge >= 0.3 is 0 Å². The van der Waals surface area contributed by atoms with Crippen molar-refractivity contribution in [2.75, 3.05) is 32.2 Å². The van der Waals surface area contributed by atoms with Crippen LogP contribution >= 0.6 is 0 Å². The monoisotopic (exact) mass is 227 g/mol. The zero-order valence-corrected chi connectivity index (χ0v) is 9.51. The molecular formula is C10H17N3O3. The smallest absolute Gasteiger partial charge is 0.218 e. The number of nitrogens with zero attached hydrogens (tertiary/aromatic N) is 2. The zero-order chi connectivity index (χ0) is 11.8. The number of aromatic nitrogens is 2. The number of hydrogen-bond donors (Lipinski definition) is 2. The van der Waals surface area contributed by atoms with Crippen molar-refractivity contribution in [3.63, 3.8) is 0 Å². The van der Waals surface area contributed by atoms with Gasteiger partial charge in [0.05, 0.1) is 25.9 Å². The largest absolute Gasteiger partial charge is 0.478 e. The summed E-state index contributed by atoms with van der Waals surface area (Å²) < 4.78 is 10.2. The van der Waals surface area contributed by atoms with Crippen LogP contribution in [0.5, 0.6) is 5.88 Å². The first-order valence-corrected chi connectivity index (χ1v) is 5.11. The number of hydrogen-bond acceptors (Lipinski definition) is 6. The average Bonchev–Trinajstić information content (AvgIpc) is 2.29. The van der Waals surface area contributed by atoms with Crippen molar-refractivity contribution >= 4 is 5.82 Å². The second-order valence-electron chi connectivity index (χ2n) is 3.15. The molecule has 0 saturated heterocycles. The summed E-state index contributed by atoms with van der Waals surface area (Å²) in [4.78, 5) is 7.96. The molecule has 1 aromatic heterocycles. The summed E-state index contributed by atoms with van der Waals surface area (Å²) in [6.45, 7) is 2.82. The second kappa shape index (κ2) is 6.97. The first kappa shape index (κ1) is 12.7. The molecule has 0 saturated carbocycles. The third-order valence-electron chi connectivity index (χ3n) is 1.87. The lowest BCUT2D eigenvalue weighted by atomic mass is 10.3. The highest BCUT2D eigenvalue weighted by molar-refractivity contribution is 5.38. The Morgan fingerprint density at radius 3 is 2.94 bits per heavy atom. The summed E-state index contributed by atoms with van der Waals surface area (Å²) in [5.41, 5.74) is 0. The van der Waals surface area contributed by atoms with E-state index < -0.39 is 0 Å². The van der Waals surface area contributed by atoms with Gasteiger partial charge in [0.2, 0.25) is 5.88 Å². The predicted octanol–water partition coefficient (Wildman–Crippen LogP) is 0.294. The zero-order valence-electron chi connectivity index (χ0n) is 9.51. The average molecular weight is 227 g/mol. The van der Waals surface area contributed by atoms with Gasteiger partial charge in [0, 0.05) is 13.2 Å². The maximum absolute atomic E-state index is 9.07. The summed E-state index contributed by atoms with van der Waals surface area (Å²) in [7, 11) is 1.58. The Labute approximate surface area is 94.6 Å². The molecule has 0 bridgehead atoms. The van der Waals surface area contributed by atoms with Crippen LogP contribution in [0.25, 0.3) is 0 Å². The summed E-state index contributed by atoms with van der Waals surface area (Å²) in [5.74, 6) is 1.11. The molecule has 0 fully saturated rings. The number of rotatable bonds is 7. The highest BCUT2D eigenvalue weighted by atomic mass is 16.5. The third kappa shape index (κ3) is 4.00. The molecule has 1 heterocycles. The highest BCUT2D eigenvalue weighted by Crippen LogP contribution is 2.11. The lowest BCUT2D eigenvalue weighted by Gasteiger charge is -2.15. The maximum atomic E-state index is 9.07. The van der Waals surface area contributed by atoms with Crippen LogP contribution in [0.4, 0.5) is 5.82 Å². The van der Waals surface area contributed by atoms with Gasteiger partial charge in [-0.3, -0.25) is 0 Å². The van der Waals surface area contributed by atoms with Crippen LogP contribution in [0.3, 0.4) is 0 Å². The molecular weight excluding hydrogens is 210 g/mol. The molecule has 0 aliphatic carbocycles. The number of aliphatic hydroxyl groups is 1. The molecule has 1 aromatic rings. The lowest BCUT2D eigenvalue weighted by molar-refractivity contribution is 0.153. The predicted molar refractivity (Wildman–Crippen MR) is 59.6 cm³/mol. The fourth-order valence-corrected chi connectivity index (χ4v) is 1.20. The minimum absolute atomic E-state index is 0.0260. The molecule has 1 unspecified atom stereocenters. The van der Waals surface area contributed by atoms with Gasteiger partial charge in [-0.2, -0.15) is 0 Å². The molecule has 90 valence electrons. The second-order valence-corrected chi connectivity index (χ2v) is 3.15. The van der Waals surface area contributed by atoms with E-state index in [-0.39, 0.29) is 12.6 Å². The molecule has 1 atom stereocenters. The van der Waals surface area contributed by atoms with E-state index in [1.165, 1.54) is 6.33 Å². The van der Waals surface area contributed by atoms with E-state index in [2.05, 4.69) is 15.3 Å². The van der Waals surface area contributed by atoms with Crippen molar-refractivity contribution in [3.05, 3.63) is 12.4 Å². The Hall–Kier alpha value is -1.40. The van der Waals surface area contributed by atoms with Gasteiger partial charge in [-0.1, -0.05) is 0 Å². The Morgan fingerprint density at radius 2 is 2.31 bits per heavy atom. The van der Waals surface area contributed by atoms with E-state index >= 15 is 0 Å². The van der Waals surface area contributed by atoms with Crippen molar-refractivity contribution in [1.82, 2.24) is 9.97 Å². The normalized spacial score (nSPS) is 12.2. The summed E-state index contributed by atoms with van der Waals surface area (Å²) in [5, 5.41) is 12.1. The molecule has 16 heavy (non-hydrogen) atoms. The maximum Gasteiger partial charge on any atom is 0.218 e. The van der Waals surface area contributed by atoms with Gasteiger partial charge in [0.25, 0.3) is 0 Å². The van der Waals surface area contributed by atoms with E-state index in [9.17, 15) is 0 Å². The van der Waals surface area contributed by atoms with Crippen molar-refractivity contribution in [3.8, 4) is 5.88 Å². The van der Waals surface area contributed by atoms with E-state index in [4.69, 9.17) is 14.6 Å². The lowest BCUT2D eigenvalue weighted by Crippen LogP contribution is -2.29. The van der Waals surface area contributed by atoms with Crippen LogP contribution in [0, 0.1) is 0 Å². The Kier molecular flexibility index (Phi) is 5.52. The SMILES string of the molecule is CCOc1cc(NC(CO)COC)ncn1. The van der Waals surface area contributed by atoms with Crippen LogP contribution in [-0.4, -0.2) is 48.0 Å². The van der Waals surface area contributed by atoms with Crippen LogP contribution in [0.1, 0.15) is 6.92 Å². The highest BCUT2D eigenvalue weighted by Gasteiger charge is 2.08.